The smallest absolute Gasteiger partial charge is 0.173 e. The van der Waals surface area contributed by atoms with Gasteiger partial charge in [-0.25, -0.2) is 9.07 Å². The number of tetrazole rings is 1. The third-order valence-corrected chi connectivity index (χ3v) is 7.29. The van der Waals surface area contributed by atoms with Crippen molar-refractivity contribution in [2.75, 3.05) is 33.3 Å². The molecule has 0 bridgehead atoms. The van der Waals surface area contributed by atoms with Crippen molar-refractivity contribution in [1.82, 2.24) is 30.0 Å². The molecule has 1 saturated carbocycles. The molecule has 180 valence electrons. The van der Waals surface area contributed by atoms with Crippen LogP contribution in [-0.2, 0) is 6.54 Å². The summed E-state index contributed by atoms with van der Waals surface area (Å²) in [6, 6.07) is 15.3. The van der Waals surface area contributed by atoms with Crippen LogP contribution in [0, 0.1) is 5.82 Å². The Kier molecular flexibility index (Phi) is 7.16. The van der Waals surface area contributed by atoms with Crippen molar-refractivity contribution in [3.8, 4) is 5.75 Å². The van der Waals surface area contributed by atoms with Crippen LogP contribution in [0.15, 0.2) is 48.5 Å². The minimum Gasteiger partial charge on any atom is -0.497 e. The Balaban J connectivity index is 1.38. The van der Waals surface area contributed by atoms with Crippen molar-refractivity contribution < 1.29 is 9.13 Å². The molecule has 1 saturated heterocycles. The van der Waals surface area contributed by atoms with Crippen LogP contribution in [-0.4, -0.2) is 69.3 Å². The number of benzene rings is 2. The number of methoxy groups -OCH3 is 1. The topological polar surface area (TPSA) is 59.3 Å². The van der Waals surface area contributed by atoms with E-state index in [1.54, 1.807) is 7.11 Å². The van der Waals surface area contributed by atoms with Crippen molar-refractivity contribution in [1.29, 1.82) is 0 Å². The van der Waals surface area contributed by atoms with Gasteiger partial charge in [0.1, 0.15) is 11.6 Å². The molecule has 0 N–H and O–H groups in total. The van der Waals surface area contributed by atoms with Crippen molar-refractivity contribution in [2.45, 2.75) is 50.7 Å². The van der Waals surface area contributed by atoms with Crippen LogP contribution < -0.4 is 4.74 Å². The van der Waals surface area contributed by atoms with Gasteiger partial charge in [-0.1, -0.05) is 43.5 Å². The van der Waals surface area contributed by atoms with E-state index in [0.717, 1.165) is 54.9 Å². The van der Waals surface area contributed by atoms with Gasteiger partial charge in [0, 0.05) is 32.2 Å². The number of halogens is 1. The largest absolute Gasteiger partial charge is 0.497 e. The zero-order valence-corrected chi connectivity index (χ0v) is 19.8. The summed E-state index contributed by atoms with van der Waals surface area (Å²) in [6.07, 6.45) is 6.72. The second kappa shape index (κ2) is 10.6. The van der Waals surface area contributed by atoms with Gasteiger partial charge in [-0.2, -0.15) is 0 Å². The van der Waals surface area contributed by atoms with E-state index >= 15 is 0 Å². The highest BCUT2D eigenvalue weighted by Gasteiger charge is 2.32. The Bertz CT molecular complexity index is 1040. The van der Waals surface area contributed by atoms with Crippen LogP contribution in [0.3, 0.4) is 0 Å². The molecule has 1 aromatic heterocycles. The Hall–Kier alpha value is -2.84. The van der Waals surface area contributed by atoms with E-state index in [4.69, 9.17) is 4.74 Å². The maximum Gasteiger partial charge on any atom is 0.173 e. The predicted octanol–water partition coefficient (Wildman–Crippen LogP) is 3.91. The van der Waals surface area contributed by atoms with Gasteiger partial charge in [0.05, 0.1) is 19.7 Å². The molecule has 1 aliphatic carbocycles. The highest BCUT2D eigenvalue weighted by Crippen LogP contribution is 2.30. The summed E-state index contributed by atoms with van der Waals surface area (Å²) in [6.45, 7) is 4.53. The van der Waals surface area contributed by atoms with E-state index in [9.17, 15) is 4.39 Å². The van der Waals surface area contributed by atoms with Crippen LogP contribution in [0.2, 0.25) is 0 Å². The lowest BCUT2D eigenvalue weighted by Gasteiger charge is -2.43. The molecule has 5 rings (SSSR count). The highest BCUT2D eigenvalue weighted by molar-refractivity contribution is 5.29. The van der Waals surface area contributed by atoms with Gasteiger partial charge in [0.25, 0.3) is 0 Å². The van der Waals surface area contributed by atoms with E-state index in [-0.39, 0.29) is 11.9 Å². The van der Waals surface area contributed by atoms with Crippen LogP contribution in [0.1, 0.15) is 55.1 Å². The Labute approximate surface area is 200 Å². The first-order valence-corrected chi connectivity index (χ1v) is 12.3. The first-order chi connectivity index (χ1) is 16.7. The average Bonchev–Trinajstić information content (AvgIpc) is 3.34. The zero-order valence-electron chi connectivity index (χ0n) is 19.8. The lowest BCUT2D eigenvalue weighted by atomic mass is 9.93. The number of ether oxygens (including phenoxy) is 1. The highest BCUT2D eigenvalue weighted by atomic mass is 19.1. The van der Waals surface area contributed by atoms with Gasteiger partial charge >= 0.3 is 0 Å². The number of hydrogen-bond donors (Lipinski definition) is 0. The molecule has 0 radical (unpaired) electrons. The van der Waals surface area contributed by atoms with Crippen LogP contribution >= 0.6 is 0 Å². The van der Waals surface area contributed by atoms with E-state index in [1.807, 2.05) is 41.1 Å². The van der Waals surface area contributed by atoms with Crippen molar-refractivity contribution in [3.05, 3.63) is 71.3 Å². The second-order valence-electron chi connectivity index (χ2n) is 9.36. The lowest BCUT2D eigenvalue weighted by molar-refractivity contribution is 0.0620. The first kappa shape index (κ1) is 22.9. The molecule has 0 amide bonds. The van der Waals surface area contributed by atoms with Crippen molar-refractivity contribution in [3.63, 3.8) is 0 Å². The quantitative estimate of drug-likeness (QED) is 0.529. The zero-order chi connectivity index (χ0) is 23.3. The number of aromatic nitrogens is 4. The van der Waals surface area contributed by atoms with Gasteiger partial charge in [0.2, 0.25) is 0 Å². The summed E-state index contributed by atoms with van der Waals surface area (Å²) in [5.41, 5.74) is 2.10. The summed E-state index contributed by atoms with van der Waals surface area (Å²) in [5, 5.41) is 12.8. The van der Waals surface area contributed by atoms with E-state index < -0.39 is 0 Å². The monoisotopic (exact) mass is 464 g/mol. The maximum absolute atomic E-state index is 13.7. The molecule has 3 aromatic rings. The van der Waals surface area contributed by atoms with Crippen LogP contribution in [0.4, 0.5) is 4.39 Å². The number of nitrogens with zero attached hydrogens (tertiary/aromatic N) is 6. The molecule has 2 aliphatic rings. The Morgan fingerprint density at radius 3 is 2.32 bits per heavy atom. The Morgan fingerprint density at radius 2 is 1.65 bits per heavy atom. The average molecular weight is 465 g/mol. The molecule has 0 spiro atoms. The number of hydrogen-bond acceptors (Lipinski definition) is 6. The minimum absolute atomic E-state index is 0.123. The number of piperazine rings is 1. The summed E-state index contributed by atoms with van der Waals surface area (Å²) in [4.78, 5) is 5.11. The van der Waals surface area contributed by atoms with Gasteiger partial charge < -0.3 is 4.74 Å². The standard InChI is InChI=1S/C26H33FN6O/c1-34-24-13-7-20(8-14-24)19-33-26(28-29-30-33)25(21-9-11-22(27)12-10-21)32-17-15-31(16-18-32)23-5-3-2-4-6-23/h7-14,23,25H,2-6,15-19H2,1H3/t25-/m1/s1. The molecular weight excluding hydrogens is 431 g/mol. The third kappa shape index (κ3) is 5.13. The predicted molar refractivity (Wildman–Crippen MR) is 128 cm³/mol. The normalized spacial score (nSPS) is 19.2. The molecule has 2 fully saturated rings. The van der Waals surface area contributed by atoms with Crippen molar-refractivity contribution >= 4 is 0 Å². The fourth-order valence-corrected chi connectivity index (χ4v) is 5.40. The third-order valence-electron chi connectivity index (χ3n) is 7.29. The van der Waals surface area contributed by atoms with E-state index in [2.05, 4.69) is 25.3 Å². The molecule has 7 nitrogen and oxygen atoms in total. The molecule has 2 heterocycles. The minimum atomic E-state index is -0.234. The number of rotatable bonds is 7. The molecule has 34 heavy (non-hydrogen) atoms. The molecule has 0 unspecified atom stereocenters. The fraction of sp³-hybridized carbons (Fsp3) is 0.500. The summed E-state index contributed by atoms with van der Waals surface area (Å²) in [7, 11) is 1.66. The first-order valence-electron chi connectivity index (χ1n) is 12.3. The molecule has 1 atom stereocenters. The van der Waals surface area contributed by atoms with Gasteiger partial charge in [-0.3, -0.25) is 9.80 Å². The maximum atomic E-state index is 13.7. The van der Waals surface area contributed by atoms with Crippen molar-refractivity contribution in [2.24, 2.45) is 0 Å². The van der Waals surface area contributed by atoms with Gasteiger partial charge in [-0.15, -0.1) is 5.10 Å². The molecular formula is C26H33FN6O. The second-order valence-corrected chi connectivity index (χ2v) is 9.36. The molecule has 2 aromatic carbocycles. The lowest BCUT2D eigenvalue weighted by Crippen LogP contribution is -2.52. The SMILES string of the molecule is COc1ccc(Cn2nnnc2[C@@H](c2ccc(F)cc2)N2CCN(C3CCCCC3)CC2)cc1. The van der Waals surface area contributed by atoms with Gasteiger partial charge in [-0.05, 0) is 58.7 Å². The Morgan fingerprint density at radius 1 is 0.941 bits per heavy atom. The summed E-state index contributed by atoms with van der Waals surface area (Å²) < 4.78 is 20.9. The van der Waals surface area contributed by atoms with Crippen LogP contribution in [0.5, 0.6) is 5.75 Å². The van der Waals surface area contributed by atoms with Gasteiger partial charge in [0.15, 0.2) is 5.82 Å². The molecule has 1 aliphatic heterocycles. The van der Waals surface area contributed by atoms with E-state index in [1.165, 1.54) is 44.2 Å². The summed E-state index contributed by atoms with van der Waals surface area (Å²) >= 11 is 0. The van der Waals surface area contributed by atoms with E-state index in [0.29, 0.717) is 6.54 Å². The molecule has 8 heteroatoms. The summed E-state index contributed by atoms with van der Waals surface area (Å²) in [5.74, 6) is 1.37. The van der Waals surface area contributed by atoms with Crippen LogP contribution in [0.25, 0.3) is 0 Å². The fourth-order valence-electron chi connectivity index (χ4n) is 5.40.